The summed E-state index contributed by atoms with van der Waals surface area (Å²) in [5.41, 5.74) is 0. The van der Waals surface area contributed by atoms with Crippen molar-refractivity contribution < 1.29 is 8.85 Å². The van der Waals surface area contributed by atoms with E-state index in [1.165, 1.54) is 0 Å². The first kappa shape index (κ1) is 23.7. The van der Waals surface area contributed by atoms with Gasteiger partial charge in [0.05, 0.1) is 5.76 Å². The van der Waals surface area contributed by atoms with Crippen molar-refractivity contribution in [1.29, 1.82) is 0 Å². The molecule has 0 fully saturated rings. The van der Waals surface area contributed by atoms with E-state index < -0.39 is 16.6 Å². The van der Waals surface area contributed by atoms with E-state index in [-0.39, 0.29) is 0 Å². The normalized spacial score (nSPS) is 13.5. The van der Waals surface area contributed by atoms with Crippen molar-refractivity contribution in [2.75, 3.05) is 6.61 Å². The fourth-order valence-corrected chi connectivity index (χ4v) is 6.05. The van der Waals surface area contributed by atoms with Crippen LogP contribution in [-0.2, 0) is 8.85 Å². The van der Waals surface area contributed by atoms with Crippen LogP contribution in [0.4, 0.5) is 0 Å². The molecule has 142 valence electrons. The van der Waals surface area contributed by atoms with E-state index in [0.717, 1.165) is 49.8 Å². The lowest BCUT2D eigenvalue weighted by molar-refractivity contribution is 0.279. The third-order valence-electron chi connectivity index (χ3n) is 5.62. The molecule has 0 aromatic carbocycles. The molecule has 0 atom stereocenters. The SMILES string of the molecule is C=C(/C=C/CCCCO[Si](C)(C)C(C)(C)C)O[Si](CC)(CC)CC. The summed E-state index contributed by atoms with van der Waals surface area (Å²) in [5.74, 6) is 0.852. The van der Waals surface area contributed by atoms with E-state index in [9.17, 15) is 0 Å². The number of unbranched alkanes of at least 4 members (excludes halogenated alkanes) is 2. The highest BCUT2D eigenvalue weighted by Gasteiger charge is 2.36. The smallest absolute Gasteiger partial charge is 0.250 e. The summed E-state index contributed by atoms with van der Waals surface area (Å²) in [5, 5.41) is 0.302. The molecule has 0 N–H and O–H groups in total. The monoisotopic (exact) mass is 370 g/mol. The van der Waals surface area contributed by atoms with E-state index >= 15 is 0 Å². The lowest BCUT2D eigenvalue weighted by atomic mass is 10.2. The third kappa shape index (κ3) is 8.17. The highest BCUT2D eigenvalue weighted by Crippen LogP contribution is 2.36. The molecule has 0 amide bonds. The molecule has 0 aliphatic heterocycles. The van der Waals surface area contributed by atoms with Crippen LogP contribution in [0.25, 0.3) is 0 Å². The molecule has 0 saturated carbocycles. The van der Waals surface area contributed by atoms with Gasteiger partial charge in [0.2, 0.25) is 8.32 Å². The molecule has 0 bridgehead atoms. The van der Waals surface area contributed by atoms with Gasteiger partial charge in [0.1, 0.15) is 0 Å². The van der Waals surface area contributed by atoms with E-state index in [0.29, 0.717) is 5.04 Å². The van der Waals surface area contributed by atoms with Gasteiger partial charge in [-0.05, 0) is 61.6 Å². The number of hydrogen-bond donors (Lipinski definition) is 0. The molecule has 0 aromatic heterocycles. The predicted octanol–water partition coefficient (Wildman–Crippen LogP) is 7.27. The Kier molecular flexibility index (Phi) is 10.5. The van der Waals surface area contributed by atoms with Crippen molar-refractivity contribution in [3.05, 3.63) is 24.5 Å². The molecule has 0 aromatic rings. The molecule has 2 nitrogen and oxygen atoms in total. The molecule has 0 heterocycles. The Morgan fingerprint density at radius 2 is 1.54 bits per heavy atom. The van der Waals surface area contributed by atoms with Gasteiger partial charge in [0, 0.05) is 6.61 Å². The Bertz CT molecular complexity index is 383. The van der Waals surface area contributed by atoms with Gasteiger partial charge in [-0.15, -0.1) is 0 Å². The van der Waals surface area contributed by atoms with E-state index in [4.69, 9.17) is 8.85 Å². The Morgan fingerprint density at radius 1 is 1.00 bits per heavy atom. The average Bonchev–Trinajstić information content (AvgIpc) is 2.50. The molecule has 0 radical (unpaired) electrons. The van der Waals surface area contributed by atoms with Crippen molar-refractivity contribution in [1.82, 2.24) is 0 Å². The van der Waals surface area contributed by atoms with Gasteiger partial charge in [-0.25, -0.2) is 0 Å². The Morgan fingerprint density at radius 3 is 2.00 bits per heavy atom. The lowest BCUT2D eigenvalue weighted by Crippen LogP contribution is -2.40. The van der Waals surface area contributed by atoms with Gasteiger partial charge in [-0.1, -0.05) is 54.2 Å². The summed E-state index contributed by atoms with van der Waals surface area (Å²) < 4.78 is 12.4. The van der Waals surface area contributed by atoms with Crippen LogP contribution in [-0.4, -0.2) is 23.2 Å². The summed E-state index contributed by atoms with van der Waals surface area (Å²) in [6.45, 7) is 23.2. The van der Waals surface area contributed by atoms with Gasteiger partial charge in [-0.3, -0.25) is 0 Å². The average molecular weight is 371 g/mol. The van der Waals surface area contributed by atoms with Gasteiger partial charge in [-0.2, -0.15) is 0 Å². The lowest BCUT2D eigenvalue weighted by Gasteiger charge is -2.36. The Labute approximate surface area is 154 Å². The Balaban J connectivity index is 4.04. The summed E-state index contributed by atoms with van der Waals surface area (Å²) in [6, 6.07) is 3.49. The number of rotatable bonds is 12. The van der Waals surface area contributed by atoms with E-state index in [2.05, 4.69) is 73.4 Å². The van der Waals surface area contributed by atoms with Gasteiger partial charge in [0.15, 0.2) is 8.32 Å². The summed E-state index contributed by atoms with van der Waals surface area (Å²) in [7, 11) is -3.15. The zero-order valence-electron chi connectivity index (χ0n) is 17.6. The van der Waals surface area contributed by atoms with E-state index in [1.807, 2.05) is 0 Å². The van der Waals surface area contributed by atoms with Crippen LogP contribution in [0.5, 0.6) is 0 Å². The minimum absolute atomic E-state index is 0.302. The fourth-order valence-electron chi connectivity index (χ4n) is 2.40. The topological polar surface area (TPSA) is 18.5 Å². The molecule has 0 saturated heterocycles. The second kappa shape index (κ2) is 10.6. The zero-order chi connectivity index (χ0) is 18.9. The molecule has 4 heteroatoms. The molecule has 0 unspecified atom stereocenters. The van der Waals surface area contributed by atoms with Crippen molar-refractivity contribution in [3.63, 3.8) is 0 Å². The molecular formula is C20H42O2Si2. The highest BCUT2D eigenvalue weighted by atomic mass is 28.4. The molecule has 0 aliphatic rings. The van der Waals surface area contributed by atoms with Gasteiger partial charge in [0.25, 0.3) is 0 Å². The molecular weight excluding hydrogens is 328 g/mol. The highest BCUT2D eigenvalue weighted by molar-refractivity contribution is 6.74. The maximum Gasteiger partial charge on any atom is 0.250 e. The molecule has 0 rings (SSSR count). The summed E-state index contributed by atoms with van der Waals surface area (Å²) in [6.07, 6.45) is 7.63. The largest absolute Gasteiger partial charge is 0.544 e. The van der Waals surface area contributed by atoms with Crippen molar-refractivity contribution >= 4 is 16.6 Å². The first-order valence-corrected chi connectivity index (χ1v) is 15.2. The predicted molar refractivity (Wildman–Crippen MR) is 114 cm³/mol. The second-order valence-corrected chi connectivity index (χ2v) is 17.8. The van der Waals surface area contributed by atoms with E-state index in [1.54, 1.807) is 0 Å². The quantitative estimate of drug-likeness (QED) is 0.156. The number of hydrogen-bond acceptors (Lipinski definition) is 2. The second-order valence-electron chi connectivity index (χ2n) is 8.32. The minimum Gasteiger partial charge on any atom is -0.544 e. The fraction of sp³-hybridized carbons (Fsp3) is 0.800. The Hall–Kier alpha value is -0.326. The van der Waals surface area contributed by atoms with Gasteiger partial charge < -0.3 is 8.85 Å². The first-order chi connectivity index (χ1) is 11.0. The molecule has 0 spiro atoms. The van der Waals surface area contributed by atoms with Crippen LogP contribution in [0.15, 0.2) is 24.5 Å². The first-order valence-electron chi connectivity index (χ1n) is 9.72. The zero-order valence-corrected chi connectivity index (χ0v) is 19.6. The maximum absolute atomic E-state index is 6.23. The third-order valence-corrected chi connectivity index (χ3v) is 14.7. The van der Waals surface area contributed by atoms with Crippen molar-refractivity contribution in [2.24, 2.45) is 0 Å². The summed E-state index contributed by atoms with van der Waals surface area (Å²) >= 11 is 0. The van der Waals surface area contributed by atoms with Crippen LogP contribution in [0.2, 0.25) is 36.3 Å². The van der Waals surface area contributed by atoms with Crippen LogP contribution >= 0.6 is 0 Å². The van der Waals surface area contributed by atoms with Crippen LogP contribution in [0.3, 0.4) is 0 Å². The van der Waals surface area contributed by atoms with Crippen molar-refractivity contribution in [2.45, 2.75) is 97.1 Å². The summed E-state index contributed by atoms with van der Waals surface area (Å²) in [4.78, 5) is 0. The van der Waals surface area contributed by atoms with Crippen LogP contribution in [0, 0.1) is 0 Å². The maximum atomic E-state index is 6.23. The van der Waals surface area contributed by atoms with Crippen molar-refractivity contribution in [3.8, 4) is 0 Å². The minimum atomic E-state index is -1.58. The molecule has 24 heavy (non-hydrogen) atoms. The van der Waals surface area contributed by atoms with Crippen LogP contribution < -0.4 is 0 Å². The molecule has 0 aliphatic carbocycles. The number of allylic oxidation sites excluding steroid dienone is 2. The van der Waals surface area contributed by atoms with Gasteiger partial charge >= 0.3 is 0 Å². The van der Waals surface area contributed by atoms with Crippen LogP contribution in [0.1, 0.15) is 60.8 Å². The standard InChI is InChI=1S/C20H42O2Si2/c1-10-24(11-2,12-3)22-19(4)17-15-13-14-16-18-21-23(8,9)20(5,6)7/h15,17H,4,10-14,16,18H2,1-3,5-9H3/b17-15+.